The lowest BCUT2D eigenvalue weighted by Gasteiger charge is -2.24. The molecule has 0 spiro atoms. The van der Waals surface area contributed by atoms with Crippen molar-refractivity contribution >= 4 is 69.9 Å². The summed E-state index contributed by atoms with van der Waals surface area (Å²) in [6, 6.07) is 6.10. The van der Waals surface area contributed by atoms with E-state index in [0.717, 1.165) is 11.4 Å². The maximum atomic E-state index is 12.7. The average Bonchev–Trinajstić information content (AvgIpc) is 3.06. The Hall–Kier alpha value is -3.72. The number of alkyl carbamates (subject to hydrolysis) is 1. The molecule has 1 aromatic carbocycles. The minimum absolute atomic E-state index is 0.0585. The Labute approximate surface area is 361 Å². The van der Waals surface area contributed by atoms with E-state index in [1.807, 2.05) is 52.0 Å². The molecule has 0 aliphatic heterocycles. The van der Waals surface area contributed by atoms with E-state index in [4.69, 9.17) is 29.2 Å². The molecule has 0 aliphatic carbocycles. The van der Waals surface area contributed by atoms with Gasteiger partial charge in [0.05, 0.1) is 0 Å². The van der Waals surface area contributed by atoms with Gasteiger partial charge in [0.2, 0.25) is 17.7 Å². The molecule has 0 unspecified atom stereocenters. The van der Waals surface area contributed by atoms with Crippen LogP contribution in [0.25, 0.3) is 0 Å². The van der Waals surface area contributed by atoms with Crippen LogP contribution in [0.15, 0.2) is 24.3 Å². The van der Waals surface area contributed by atoms with Crippen molar-refractivity contribution in [3.8, 4) is 0 Å². The van der Waals surface area contributed by atoms with Gasteiger partial charge in [0.1, 0.15) is 23.7 Å². The van der Waals surface area contributed by atoms with E-state index in [2.05, 4.69) is 97.9 Å². The molecule has 4 amide bonds. The fourth-order valence-corrected chi connectivity index (χ4v) is 5.69. The molecule has 8 N–H and O–H groups in total. The number of anilines is 2. The van der Waals surface area contributed by atoms with Crippen molar-refractivity contribution in [1.82, 2.24) is 31.9 Å². The van der Waals surface area contributed by atoms with Crippen LogP contribution in [0.1, 0.15) is 123 Å². The molecule has 0 heterocycles. The SMILES string of the molecule is CC(C)CNC(=O)[C@H](CC(C)C)NC(=O)OC(C)(C)C.CC(C)CNC(=O)[C@H](CC(C)C)NC(=S)Nc1cccc(NC(=S)N[C@@H](CC(C)C)C(=O)NCC(C)C)c1. The summed E-state index contributed by atoms with van der Waals surface area (Å²) in [7, 11) is 0. The highest BCUT2D eigenvalue weighted by Gasteiger charge is 2.26. The van der Waals surface area contributed by atoms with E-state index in [9.17, 15) is 19.2 Å². The van der Waals surface area contributed by atoms with Crippen LogP contribution < -0.4 is 42.5 Å². The molecular weight excluding hydrogens is 773 g/mol. The van der Waals surface area contributed by atoms with Gasteiger partial charge in [0, 0.05) is 31.0 Å². The Balaban J connectivity index is 0.00000137. The van der Waals surface area contributed by atoms with Gasteiger partial charge in [0.15, 0.2) is 10.2 Å². The molecule has 0 saturated carbocycles. The van der Waals surface area contributed by atoms with Crippen molar-refractivity contribution in [2.75, 3.05) is 30.3 Å². The lowest BCUT2D eigenvalue weighted by molar-refractivity contribution is -0.124. The molecular formula is C43H78N8O5S2. The third-order valence-corrected chi connectivity index (χ3v) is 8.24. The van der Waals surface area contributed by atoms with Crippen LogP contribution in [0.2, 0.25) is 0 Å². The molecule has 1 aromatic rings. The fraction of sp³-hybridized carbons (Fsp3) is 0.721. The van der Waals surface area contributed by atoms with E-state index in [0.29, 0.717) is 84.6 Å². The second-order valence-corrected chi connectivity index (χ2v) is 19.2. The number of hydrogen-bond donors (Lipinski definition) is 8. The number of thiocarbonyl (C=S) groups is 2. The first-order chi connectivity index (χ1) is 26.8. The van der Waals surface area contributed by atoms with E-state index >= 15 is 0 Å². The van der Waals surface area contributed by atoms with E-state index < -0.39 is 29.8 Å². The molecule has 1 rings (SSSR count). The van der Waals surface area contributed by atoms with Crippen LogP contribution in [-0.2, 0) is 19.1 Å². The van der Waals surface area contributed by atoms with Crippen LogP contribution in [0, 0.1) is 35.5 Å². The summed E-state index contributed by atoms with van der Waals surface area (Å²) in [5.41, 5.74) is 0.921. The van der Waals surface area contributed by atoms with Crippen molar-refractivity contribution < 1.29 is 23.9 Å². The number of carbonyl (C=O) groups excluding carboxylic acids is 4. The third-order valence-electron chi connectivity index (χ3n) is 7.80. The topological polar surface area (TPSA) is 174 Å². The highest BCUT2D eigenvalue weighted by atomic mass is 32.1. The average molecular weight is 851 g/mol. The summed E-state index contributed by atoms with van der Waals surface area (Å²) in [6.45, 7) is 31.9. The van der Waals surface area contributed by atoms with E-state index in [1.54, 1.807) is 20.8 Å². The number of hydrogen-bond acceptors (Lipinski definition) is 7. The second kappa shape index (κ2) is 27.9. The summed E-state index contributed by atoms with van der Waals surface area (Å²) in [5.74, 6) is 1.80. The van der Waals surface area contributed by atoms with Gasteiger partial charge in [-0.05, 0) is 118 Å². The molecule has 0 aromatic heterocycles. The van der Waals surface area contributed by atoms with Crippen molar-refractivity contribution in [3.05, 3.63) is 24.3 Å². The van der Waals surface area contributed by atoms with Crippen LogP contribution in [-0.4, -0.2) is 77.4 Å². The maximum absolute atomic E-state index is 12.7. The van der Waals surface area contributed by atoms with Crippen molar-refractivity contribution in [2.45, 2.75) is 147 Å². The summed E-state index contributed by atoms with van der Waals surface area (Å²) >= 11 is 11.0. The Morgan fingerprint density at radius 3 is 1.12 bits per heavy atom. The van der Waals surface area contributed by atoms with Gasteiger partial charge in [-0.15, -0.1) is 0 Å². The maximum Gasteiger partial charge on any atom is 0.408 e. The fourth-order valence-electron chi connectivity index (χ4n) is 5.17. The van der Waals surface area contributed by atoms with Gasteiger partial charge >= 0.3 is 6.09 Å². The van der Waals surface area contributed by atoms with Gasteiger partial charge in [-0.2, -0.15) is 0 Å². The highest BCUT2D eigenvalue weighted by Crippen LogP contribution is 2.16. The molecule has 332 valence electrons. The quantitative estimate of drug-likeness (QED) is 0.0618. The first-order valence-corrected chi connectivity index (χ1v) is 21.7. The normalized spacial score (nSPS) is 12.9. The zero-order valence-corrected chi connectivity index (χ0v) is 39.7. The number of benzene rings is 1. The third kappa shape index (κ3) is 27.8. The summed E-state index contributed by atoms with van der Waals surface area (Å²) in [6.07, 6.45) is 1.36. The first-order valence-electron chi connectivity index (χ1n) is 20.8. The second-order valence-electron chi connectivity index (χ2n) is 18.4. The molecule has 0 aliphatic rings. The molecule has 3 atom stereocenters. The lowest BCUT2D eigenvalue weighted by Crippen LogP contribution is -2.49. The van der Waals surface area contributed by atoms with E-state index in [-0.39, 0.29) is 17.7 Å². The van der Waals surface area contributed by atoms with Gasteiger partial charge in [0.25, 0.3) is 0 Å². The van der Waals surface area contributed by atoms with E-state index in [1.165, 1.54) is 0 Å². The largest absolute Gasteiger partial charge is 0.444 e. The Kier molecular flexibility index (Phi) is 26.1. The number of carbonyl (C=O) groups is 4. The zero-order chi connectivity index (χ0) is 44.7. The smallest absolute Gasteiger partial charge is 0.408 e. The van der Waals surface area contributed by atoms with Crippen LogP contribution >= 0.6 is 24.4 Å². The predicted octanol–water partition coefficient (Wildman–Crippen LogP) is 7.33. The standard InChI is InChI=1S/C28H48N6O2S2.C15H30N2O3/c1-17(2)12-23(25(35)29-15-19(5)6)33-27(37)31-21-10-9-11-22(14-21)32-28(38)34-24(13-18(3)4)26(36)30-16-20(7)8;1-10(2)8-12(13(18)16-9-11(3)4)17-14(19)20-15(5,6)7/h9-11,14,17-20,23-24H,12-13,15-16H2,1-8H3,(H,29,35)(H,30,36)(H2,31,33,37)(H2,32,34,38);10-12H,8-9H2,1-7H3,(H,16,18)(H,17,19)/t23-,24-;12-/m00/s1. The Morgan fingerprint density at radius 2 is 0.845 bits per heavy atom. The minimum Gasteiger partial charge on any atom is -0.444 e. The highest BCUT2D eigenvalue weighted by molar-refractivity contribution is 7.80. The number of nitrogens with one attached hydrogen (secondary N) is 8. The zero-order valence-electron chi connectivity index (χ0n) is 38.1. The molecule has 0 fully saturated rings. The molecule has 13 nitrogen and oxygen atoms in total. The summed E-state index contributed by atoms with van der Waals surface area (Å²) in [4.78, 5) is 49.3. The van der Waals surface area contributed by atoms with Gasteiger partial charge in [-0.3, -0.25) is 14.4 Å². The first kappa shape index (κ1) is 54.3. The van der Waals surface area contributed by atoms with Crippen LogP contribution in [0.3, 0.4) is 0 Å². The van der Waals surface area contributed by atoms with Gasteiger partial charge in [-0.1, -0.05) is 89.2 Å². The minimum atomic E-state index is -0.569. The van der Waals surface area contributed by atoms with Crippen molar-refractivity contribution in [1.29, 1.82) is 0 Å². The van der Waals surface area contributed by atoms with Crippen molar-refractivity contribution in [3.63, 3.8) is 0 Å². The molecule has 0 saturated heterocycles. The monoisotopic (exact) mass is 851 g/mol. The molecule has 58 heavy (non-hydrogen) atoms. The van der Waals surface area contributed by atoms with Gasteiger partial charge < -0.3 is 47.3 Å². The Bertz CT molecular complexity index is 1360. The van der Waals surface area contributed by atoms with Gasteiger partial charge in [-0.25, -0.2) is 4.79 Å². The summed E-state index contributed by atoms with van der Waals surface area (Å²) in [5, 5.41) is 24.9. The lowest BCUT2D eigenvalue weighted by atomic mass is 10.0. The van der Waals surface area contributed by atoms with Crippen molar-refractivity contribution in [2.24, 2.45) is 35.5 Å². The molecule has 0 radical (unpaired) electrons. The number of rotatable bonds is 20. The van der Waals surface area contributed by atoms with Crippen LogP contribution in [0.5, 0.6) is 0 Å². The number of amides is 4. The number of ether oxygens (including phenoxy) is 1. The Morgan fingerprint density at radius 1 is 0.534 bits per heavy atom. The van der Waals surface area contributed by atoms with Crippen LogP contribution in [0.4, 0.5) is 16.2 Å². The summed E-state index contributed by atoms with van der Waals surface area (Å²) < 4.78 is 5.20. The molecule has 15 heteroatoms. The molecule has 0 bridgehead atoms. The predicted molar refractivity (Wildman–Crippen MR) is 248 cm³/mol.